The van der Waals surface area contributed by atoms with Gasteiger partial charge in [0.05, 0.1) is 17.6 Å². The summed E-state index contributed by atoms with van der Waals surface area (Å²) >= 11 is 0. The number of carbonyl (C=O) groups is 1. The second kappa shape index (κ2) is 6.51. The summed E-state index contributed by atoms with van der Waals surface area (Å²) < 4.78 is 14.9. The Balaban J connectivity index is 2.19. The molecule has 1 aromatic carbocycles. The van der Waals surface area contributed by atoms with Crippen molar-refractivity contribution in [2.24, 2.45) is 5.73 Å². The third-order valence-corrected chi connectivity index (χ3v) is 4.51. The fourth-order valence-electron chi connectivity index (χ4n) is 3.19. The molecule has 25 heavy (non-hydrogen) atoms. The molecule has 2 aromatic heterocycles. The summed E-state index contributed by atoms with van der Waals surface area (Å²) in [6.45, 7) is 7.61. The van der Waals surface area contributed by atoms with Crippen molar-refractivity contribution in [3.05, 3.63) is 70.4 Å². The van der Waals surface area contributed by atoms with Gasteiger partial charge in [-0.15, -0.1) is 0 Å². The van der Waals surface area contributed by atoms with Gasteiger partial charge >= 0.3 is 0 Å². The molecule has 1 amide bonds. The average molecular weight is 337 g/mol. The number of aromatic amines is 1. The van der Waals surface area contributed by atoms with Crippen molar-refractivity contribution in [2.75, 3.05) is 0 Å². The molecule has 0 saturated carbocycles. The van der Waals surface area contributed by atoms with Gasteiger partial charge in [-0.05, 0) is 54.8 Å². The second-order valence-corrected chi connectivity index (χ2v) is 6.23. The van der Waals surface area contributed by atoms with Crippen molar-refractivity contribution < 1.29 is 9.18 Å². The van der Waals surface area contributed by atoms with Crippen molar-refractivity contribution in [3.8, 4) is 0 Å². The van der Waals surface area contributed by atoms with Crippen LogP contribution >= 0.6 is 0 Å². The summed E-state index contributed by atoms with van der Waals surface area (Å²) in [5.74, 6) is -0.814. The van der Waals surface area contributed by atoms with Crippen LogP contribution in [0, 0.1) is 19.7 Å². The Morgan fingerprint density at radius 2 is 2.16 bits per heavy atom. The highest BCUT2D eigenvalue weighted by Crippen LogP contribution is 2.32. The molecule has 0 spiro atoms. The first kappa shape index (κ1) is 16.9. The average Bonchev–Trinajstić information content (AvgIpc) is 2.87. The number of amides is 1. The van der Waals surface area contributed by atoms with E-state index in [0.717, 1.165) is 33.4 Å². The first-order chi connectivity index (χ1) is 11.9. The number of halogens is 1. The van der Waals surface area contributed by atoms with E-state index >= 15 is 0 Å². The number of carbonyl (C=O) groups excluding carboxylic acids is 1. The van der Waals surface area contributed by atoms with Gasteiger partial charge in [-0.2, -0.15) is 0 Å². The van der Waals surface area contributed by atoms with Gasteiger partial charge in [-0.1, -0.05) is 6.58 Å². The summed E-state index contributed by atoms with van der Waals surface area (Å²) in [6.07, 6.45) is 3.79. The van der Waals surface area contributed by atoms with E-state index in [9.17, 15) is 9.18 Å². The summed E-state index contributed by atoms with van der Waals surface area (Å²) in [5.41, 5.74) is 10.9. The number of hydrogen-bond donors (Lipinski definition) is 2. The first-order valence-electron chi connectivity index (χ1n) is 8.05. The molecule has 4 nitrogen and oxygen atoms in total. The van der Waals surface area contributed by atoms with Crippen LogP contribution in [0.4, 0.5) is 4.39 Å². The summed E-state index contributed by atoms with van der Waals surface area (Å²) in [4.78, 5) is 18.8. The Kier molecular flexibility index (Phi) is 4.40. The first-order valence-corrected chi connectivity index (χ1v) is 8.05. The highest BCUT2D eigenvalue weighted by Gasteiger charge is 2.18. The van der Waals surface area contributed by atoms with Crippen molar-refractivity contribution in [3.63, 3.8) is 0 Å². The van der Waals surface area contributed by atoms with Gasteiger partial charge in [0, 0.05) is 29.3 Å². The van der Waals surface area contributed by atoms with Gasteiger partial charge in [-0.3, -0.25) is 9.78 Å². The van der Waals surface area contributed by atoms with Crippen LogP contribution in [0.2, 0.25) is 0 Å². The van der Waals surface area contributed by atoms with Crippen molar-refractivity contribution in [1.82, 2.24) is 9.97 Å². The zero-order chi connectivity index (χ0) is 18.1. The van der Waals surface area contributed by atoms with Gasteiger partial charge in [0.25, 0.3) is 0 Å². The number of fused-ring (bicyclic) bond motifs is 1. The number of nitrogens with one attached hydrogen (secondary N) is 1. The molecule has 0 aliphatic carbocycles. The summed E-state index contributed by atoms with van der Waals surface area (Å²) in [5, 5.41) is 0.825. The highest BCUT2D eigenvalue weighted by molar-refractivity contribution is 5.93. The van der Waals surface area contributed by atoms with Crippen molar-refractivity contribution >= 4 is 22.9 Å². The summed E-state index contributed by atoms with van der Waals surface area (Å²) in [7, 11) is 0. The van der Waals surface area contributed by atoms with Gasteiger partial charge < -0.3 is 10.7 Å². The molecule has 2 heterocycles. The maximum atomic E-state index is 14.9. The number of nitrogens with zero attached hydrogens (tertiary/aromatic N) is 1. The van der Waals surface area contributed by atoms with Gasteiger partial charge in [-0.25, -0.2) is 4.39 Å². The van der Waals surface area contributed by atoms with Crippen LogP contribution in [-0.4, -0.2) is 15.9 Å². The Labute approximate surface area is 145 Å². The number of aromatic nitrogens is 2. The lowest BCUT2D eigenvalue weighted by Crippen LogP contribution is -2.14. The zero-order valence-corrected chi connectivity index (χ0v) is 14.3. The van der Waals surface area contributed by atoms with Crippen LogP contribution in [0.15, 0.2) is 31.0 Å². The van der Waals surface area contributed by atoms with E-state index in [4.69, 9.17) is 5.73 Å². The fraction of sp³-hybridized carbons (Fsp3) is 0.200. The van der Waals surface area contributed by atoms with Crippen molar-refractivity contribution in [2.45, 2.75) is 26.7 Å². The van der Waals surface area contributed by atoms with Crippen LogP contribution in [0.3, 0.4) is 0 Å². The molecular formula is C20H20FN3O. The Bertz CT molecular complexity index is 988. The molecule has 0 radical (unpaired) electrons. The van der Waals surface area contributed by atoms with E-state index in [2.05, 4.69) is 16.5 Å². The lowest BCUT2D eigenvalue weighted by molar-refractivity contribution is -0.117. The normalized spacial score (nSPS) is 11.0. The maximum Gasteiger partial charge on any atom is 0.221 e. The van der Waals surface area contributed by atoms with Gasteiger partial charge in [0.2, 0.25) is 5.91 Å². The zero-order valence-electron chi connectivity index (χ0n) is 14.3. The number of hydrogen-bond acceptors (Lipinski definition) is 2. The number of rotatable bonds is 5. The van der Waals surface area contributed by atoms with Crippen LogP contribution in [0.25, 0.3) is 17.0 Å². The minimum absolute atomic E-state index is 0.00294. The number of nitrogens with two attached hydrogens (primary N) is 1. The van der Waals surface area contributed by atoms with E-state index < -0.39 is 5.91 Å². The van der Waals surface area contributed by atoms with Gasteiger partial charge in [0.1, 0.15) is 5.82 Å². The summed E-state index contributed by atoms with van der Waals surface area (Å²) in [6, 6.07) is 5.17. The monoisotopic (exact) mass is 337 g/mol. The lowest BCUT2D eigenvalue weighted by atomic mass is 9.95. The van der Waals surface area contributed by atoms with Crippen LogP contribution in [-0.2, 0) is 17.6 Å². The fourth-order valence-corrected chi connectivity index (χ4v) is 3.19. The topological polar surface area (TPSA) is 71.8 Å². The number of benzene rings is 1. The maximum absolute atomic E-state index is 14.9. The molecule has 0 atom stereocenters. The molecule has 3 rings (SSSR count). The number of pyridine rings is 1. The quantitative estimate of drug-likeness (QED) is 0.747. The molecule has 0 bridgehead atoms. The van der Waals surface area contributed by atoms with Crippen LogP contribution in [0.1, 0.15) is 33.6 Å². The second-order valence-electron chi connectivity index (χ2n) is 6.23. The predicted octanol–water partition coefficient (Wildman–Crippen LogP) is 3.58. The minimum Gasteiger partial charge on any atom is -0.369 e. The molecule has 0 unspecified atom stereocenters. The van der Waals surface area contributed by atoms with Gasteiger partial charge in [0.15, 0.2) is 0 Å². The third-order valence-electron chi connectivity index (χ3n) is 4.51. The molecule has 0 aliphatic rings. The van der Waals surface area contributed by atoms with E-state index in [0.29, 0.717) is 17.5 Å². The largest absolute Gasteiger partial charge is 0.369 e. The minimum atomic E-state index is -0.483. The molecule has 3 N–H and O–H groups in total. The highest BCUT2D eigenvalue weighted by atomic mass is 19.1. The lowest BCUT2D eigenvalue weighted by Gasteiger charge is -2.11. The predicted molar refractivity (Wildman–Crippen MR) is 97.8 cm³/mol. The SMILES string of the molecule is C=Cc1cc(Cc2c(F)cc(CC(N)=O)c3[nH]c(C)c(C)c23)ccn1. The van der Waals surface area contributed by atoms with Crippen LogP contribution in [0.5, 0.6) is 0 Å². The van der Waals surface area contributed by atoms with E-state index in [1.807, 2.05) is 26.0 Å². The number of H-pyrrole nitrogens is 1. The van der Waals surface area contributed by atoms with Crippen LogP contribution < -0.4 is 5.73 Å². The Morgan fingerprint density at radius 3 is 2.84 bits per heavy atom. The third kappa shape index (κ3) is 3.18. The molecular weight excluding hydrogens is 317 g/mol. The Morgan fingerprint density at radius 1 is 1.40 bits per heavy atom. The van der Waals surface area contributed by atoms with E-state index in [-0.39, 0.29) is 12.2 Å². The number of primary amides is 1. The molecule has 0 saturated heterocycles. The van der Waals surface area contributed by atoms with Crippen molar-refractivity contribution in [1.29, 1.82) is 0 Å². The molecule has 5 heteroatoms. The van der Waals surface area contributed by atoms with E-state index in [1.165, 1.54) is 6.07 Å². The smallest absolute Gasteiger partial charge is 0.221 e. The Hall–Kier alpha value is -2.95. The molecule has 0 aliphatic heterocycles. The molecule has 128 valence electrons. The molecule has 3 aromatic rings. The number of aryl methyl sites for hydroxylation is 2. The standard InChI is InChI=1S/C20H20FN3O/c1-4-15-7-13(5-6-23-15)8-16-17(21)9-14(10-18(22)25)20-19(16)11(2)12(3)24-20/h4-7,9,24H,1,8,10H2,2-3H3,(H2,22,25). The molecule has 0 fully saturated rings. The van der Waals surface area contributed by atoms with E-state index in [1.54, 1.807) is 12.3 Å².